The summed E-state index contributed by atoms with van der Waals surface area (Å²) in [6, 6.07) is 0. The van der Waals surface area contributed by atoms with E-state index in [4.69, 9.17) is 5.11 Å². The molecule has 3 nitrogen and oxygen atoms in total. The normalized spacial score (nSPS) is 11.1. The van der Waals surface area contributed by atoms with E-state index < -0.39 is 5.97 Å². The third-order valence-electron chi connectivity index (χ3n) is 2.02. The quantitative estimate of drug-likeness (QED) is 0.504. The average molecular weight is 197 g/mol. The monoisotopic (exact) mass is 197 g/mol. The van der Waals surface area contributed by atoms with Crippen LogP contribution in [0.1, 0.15) is 32.6 Å². The number of carbonyl (C=O) groups is 1. The number of carboxylic acids is 1. The molecule has 0 aromatic rings. The molecule has 80 valence electrons. The number of hydrogen-bond donors (Lipinski definition) is 1. The first kappa shape index (κ1) is 12.8. The molecule has 0 aromatic carbocycles. The molecule has 3 heteroatoms. The maximum absolute atomic E-state index is 10.8. The van der Waals surface area contributed by atoms with E-state index in [2.05, 4.69) is 13.5 Å². The fraction of sp³-hybridized carbons (Fsp3) is 0.545. The van der Waals surface area contributed by atoms with Gasteiger partial charge in [0, 0.05) is 7.05 Å². The van der Waals surface area contributed by atoms with E-state index in [9.17, 15) is 4.79 Å². The van der Waals surface area contributed by atoms with E-state index in [0.717, 1.165) is 25.7 Å². The number of hydrogen-bond acceptors (Lipinski definition) is 2. The third-order valence-corrected chi connectivity index (χ3v) is 2.02. The molecule has 0 saturated carbocycles. The molecule has 1 N–H and O–H groups in total. The van der Waals surface area contributed by atoms with Gasteiger partial charge in [0.05, 0.1) is 0 Å². The predicted octanol–water partition coefficient (Wildman–Crippen LogP) is 2.61. The second-order valence-electron chi connectivity index (χ2n) is 3.18. The van der Waals surface area contributed by atoms with Gasteiger partial charge in [-0.25, -0.2) is 4.79 Å². The first-order valence-corrected chi connectivity index (χ1v) is 4.92. The van der Waals surface area contributed by atoms with Crippen molar-refractivity contribution in [2.24, 2.45) is 0 Å². The Morgan fingerprint density at radius 2 is 2.14 bits per heavy atom. The lowest BCUT2D eigenvalue weighted by Crippen LogP contribution is -2.17. The van der Waals surface area contributed by atoms with Crippen molar-refractivity contribution < 1.29 is 9.90 Å². The van der Waals surface area contributed by atoms with Gasteiger partial charge in [-0.2, -0.15) is 0 Å². The number of carboxylic acid groups (broad SMARTS) is 1. The Morgan fingerprint density at radius 3 is 2.57 bits per heavy atom. The summed E-state index contributed by atoms with van der Waals surface area (Å²) in [6.07, 6.45) is 7.39. The van der Waals surface area contributed by atoms with Crippen molar-refractivity contribution in [2.45, 2.75) is 32.6 Å². The summed E-state index contributed by atoms with van der Waals surface area (Å²) in [5.41, 5.74) is 0.302. The molecule has 0 aliphatic rings. The van der Waals surface area contributed by atoms with Crippen LogP contribution in [0.4, 0.5) is 0 Å². The topological polar surface area (TPSA) is 40.5 Å². The van der Waals surface area contributed by atoms with Gasteiger partial charge in [0.2, 0.25) is 0 Å². The van der Waals surface area contributed by atoms with Crippen molar-refractivity contribution in [2.75, 3.05) is 7.05 Å². The van der Waals surface area contributed by atoms with Gasteiger partial charge >= 0.3 is 5.97 Å². The van der Waals surface area contributed by atoms with Crippen LogP contribution < -0.4 is 0 Å². The Hall–Kier alpha value is -1.25. The molecular weight excluding hydrogens is 178 g/mol. The lowest BCUT2D eigenvalue weighted by molar-refractivity contribution is -0.133. The molecule has 0 unspecified atom stereocenters. The SMILES string of the molecule is C=CN(C)C(=CCCCCC)C(=O)O. The van der Waals surface area contributed by atoms with Crippen LogP contribution in [-0.4, -0.2) is 23.0 Å². The standard InChI is InChI=1S/C11H19NO2/c1-4-6-7-8-9-10(11(13)14)12(3)5-2/h5,9H,2,4,6-8H2,1,3H3,(H,13,14). The number of likely N-dealkylation sites (N-methyl/N-ethyl adjacent to an activating group) is 1. The minimum absolute atomic E-state index is 0.302. The predicted molar refractivity (Wildman–Crippen MR) is 57.8 cm³/mol. The highest BCUT2D eigenvalue weighted by Gasteiger charge is 2.08. The molecule has 0 rings (SSSR count). The maximum atomic E-state index is 10.8. The summed E-state index contributed by atoms with van der Waals surface area (Å²) in [7, 11) is 1.69. The smallest absolute Gasteiger partial charge is 0.352 e. The Bertz CT molecular complexity index is 221. The van der Waals surface area contributed by atoms with Crippen LogP contribution in [0.5, 0.6) is 0 Å². The molecular formula is C11H19NO2. The molecule has 0 spiro atoms. The Kier molecular flexibility index (Phi) is 6.54. The summed E-state index contributed by atoms with van der Waals surface area (Å²) in [4.78, 5) is 12.3. The molecule has 0 aromatic heterocycles. The van der Waals surface area contributed by atoms with Gasteiger partial charge in [-0.15, -0.1) is 0 Å². The Labute approximate surface area is 85.7 Å². The number of allylic oxidation sites excluding steroid dienone is 1. The van der Waals surface area contributed by atoms with E-state index >= 15 is 0 Å². The lowest BCUT2D eigenvalue weighted by Gasteiger charge is -2.13. The van der Waals surface area contributed by atoms with Crippen molar-refractivity contribution in [3.8, 4) is 0 Å². The average Bonchev–Trinajstić information content (AvgIpc) is 2.16. The second-order valence-corrected chi connectivity index (χ2v) is 3.18. The molecule has 0 bridgehead atoms. The first-order valence-electron chi connectivity index (χ1n) is 4.92. The lowest BCUT2D eigenvalue weighted by atomic mass is 10.2. The summed E-state index contributed by atoms with van der Waals surface area (Å²) in [5.74, 6) is -0.899. The van der Waals surface area contributed by atoms with E-state index in [1.807, 2.05) is 0 Å². The summed E-state index contributed by atoms with van der Waals surface area (Å²) in [6.45, 7) is 5.65. The van der Waals surface area contributed by atoms with Gasteiger partial charge in [0.15, 0.2) is 0 Å². The van der Waals surface area contributed by atoms with Gasteiger partial charge in [0.25, 0.3) is 0 Å². The number of rotatable bonds is 7. The molecule has 0 aliphatic heterocycles. The van der Waals surface area contributed by atoms with Crippen LogP contribution in [-0.2, 0) is 4.79 Å². The molecule has 0 heterocycles. The fourth-order valence-electron chi connectivity index (χ4n) is 1.11. The van der Waals surface area contributed by atoms with E-state index in [0.29, 0.717) is 5.70 Å². The number of nitrogens with zero attached hydrogens (tertiary/aromatic N) is 1. The molecule has 0 saturated heterocycles. The van der Waals surface area contributed by atoms with Crippen LogP contribution >= 0.6 is 0 Å². The van der Waals surface area contributed by atoms with E-state index in [1.165, 1.54) is 11.1 Å². The molecule has 0 atom stereocenters. The van der Waals surface area contributed by atoms with E-state index in [-0.39, 0.29) is 0 Å². The van der Waals surface area contributed by atoms with Crippen molar-refractivity contribution >= 4 is 5.97 Å². The molecule has 0 fully saturated rings. The van der Waals surface area contributed by atoms with E-state index in [1.54, 1.807) is 13.1 Å². The van der Waals surface area contributed by atoms with Crippen LogP contribution in [0.15, 0.2) is 24.6 Å². The van der Waals surface area contributed by atoms with Crippen LogP contribution in [0.3, 0.4) is 0 Å². The zero-order chi connectivity index (χ0) is 11.0. The van der Waals surface area contributed by atoms with Gasteiger partial charge in [-0.05, 0) is 19.0 Å². The maximum Gasteiger partial charge on any atom is 0.352 e. The molecule has 14 heavy (non-hydrogen) atoms. The third kappa shape index (κ3) is 4.70. The summed E-state index contributed by atoms with van der Waals surface area (Å²) < 4.78 is 0. The van der Waals surface area contributed by atoms with Crippen LogP contribution in [0.25, 0.3) is 0 Å². The minimum Gasteiger partial charge on any atom is -0.477 e. The van der Waals surface area contributed by atoms with Crippen molar-refractivity contribution in [3.05, 3.63) is 24.6 Å². The molecule has 0 amide bonds. The second kappa shape index (κ2) is 7.18. The van der Waals surface area contributed by atoms with Crippen molar-refractivity contribution in [3.63, 3.8) is 0 Å². The number of aliphatic carboxylic acids is 1. The highest BCUT2D eigenvalue weighted by molar-refractivity contribution is 5.85. The fourth-order valence-corrected chi connectivity index (χ4v) is 1.11. The molecule has 0 radical (unpaired) electrons. The minimum atomic E-state index is -0.899. The Morgan fingerprint density at radius 1 is 1.50 bits per heavy atom. The number of unbranched alkanes of at least 4 members (excludes halogenated alkanes) is 3. The summed E-state index contributed by atoms with van der Waals surface area (Å²) >= 11 is 0. The largest absolute Gasteiger partial charge is 0.477 e. The van der Waals surface area contributed by atoms with Gasteiger partial charge in [-0.3, -0.25) is 0 Å². The van der Waals surface area contributed by atoms with Gasteiger partial charge in [0.1, 0.15) is 5.70 Å². The zero-order valence-corrected chi connectivity index (χ0v) is 8.99. The van der Waals surface area contributed by atoms with Crippen LogP contribution in [0, 0.1) is 0 Å². The first-order chi connectivity index (χ1) is 6.63. The van der Waals surface area contributed by atoms with Gasteiger partial charge < -0.3 is 10.0 Å². The highest BCUT2D eigenvalue weighted by Crippen LogP contribution is 2.07. The van der Waals surface area contributed by atoms with Crippen molar-refractivity contribution in [1.29, 1.82) is 0 Å². The summed E-state index contributed by atoms with van der Waals surface area (Å²) in [5, 5.41) is 8.87. The van der Waals surface area contributed by atoms with Gasteiger partial charge in [-0.1, -0.05) is 32.4 Å². The van der Waals surface area contributed by atoms with Crippen molar-refractivity contribution in [1.82, 2.24) is 4.90 Å². The molecule has 0 aliphatic carbocycles. The highest BCUT2D eigenvalue weighted by atomic mass is 16.4. The Balaban J connectivity index is 4.19. The van der Waals surface area contributed by atoms with Crippen LogP contribution in [0.2, 0.25) is 0 Å². The zero-order valence-electron chi connectivity index (χ0n) is 8.99.